The first-order valence-corrected chi connectivity index (χ1v) is 6.03. The lowest BCUT2D eigenvalue weighted by Crippen LogP contribution is -2.53. The van der Waals surface area contributed by atoms with Gasteiger partial charge in [0.25, 0.3) is 0 Å². The van der Waals surface area contributed by atoms with Crippen LogP contribution in [0, 0.1) is 0 Å². The van der Waals surface area contributed by atoms with Crippen molar-refractivity contribution in [3.63, 3.8) is 0 Å². The number of carboxylic acid groups (broad SMARTS) is 1. The molecule has 0 saturated heterocycles. The van der Waals surface area contributed by atoms with Crippen LogP contribution in [0.25, 0.3) is 0 Å². The zero-order valence-corrected chi connectivity index (χ0v) is 10.8. The smallest absolute Gasteiger partial charge is 0.328 e. The number of hydrogen-bond donors (Lipinski definition) is 4. The molecule has 4 N–H and O–H groups in total. The van der Waals surface area contributed by atoms with Crippen LogP contribution in [0.15, 0.2) is 0 Å². The third-order valence-electron chi connectivity index (χ3n) is 2.76. The summed E-state index contributed by atoms with van der Waals surface area (Å²) >= 11 is 0. The molecule has 0 unspecified atom stereocenters. The highest BCUT2D eigenvalue weighted by atomic mass is 16.4. The van der Waals surface area contributed by atoms with Gasteiger partial charge in [0.1, 0.15) is 0 Å². The summed E-state index contributed by atoms with van der Waals surface area (Å²) in [6.45, 7) is 3.09. The molecule has 0 heterocycles. The number of hydrogen-bond acceptors (Lipinski definition) is 4. The number of carbonyl (C=O) groups is 2. The Balaban J connectivity index is 4.69. The van der Waals surface area contributed by atoms with E-state index in [0.29, 0.717) is 12.8 Å². The first kappa shape index (κ1) is 16.7. The highest BCUT2D eigenvalue weighted by Crippen LogP contribution is 2.08. The van der Waals surface area contributed by atoms with E-state index in [1.54, 1.807) is 0 Å². The summed E-state index contributed by atoms with van der Waals surface area (Å²) in [5.74, 6) is -1.29. The Morgan fingerprint density at radius 2 is 1.78 bits per heavy atom. The van der Waals surface area contributed by atoms with E-state index < -0.39 is 24.6 Å². The number of rotatable bonds is 8. The fraction of sp³-hybridized carbons (Fsp3) is 0.818. The molecule has 2 amide bonds. The highest BCUT2D eigenvalue weighted by molar-refractivity contribution is 5.82. The summed E-state index contributed by atoms with van der Waals surface area (Å²) in [6.07, 6.45) is 1.42. The highest BCUT2D eigenvalue weighted by Gasteiger charge is 2.25. The number of carboxylic acids is 1. The van der Waals surface area contributed by atoms with Gasteiger partial charge in [-0.05, 0) is 12.8 Å². The lowest BCUT2D eigenvalue weighted by Gasteiger charge is -2.31. The monoisotopic (exact) mass is 262 g/mol. The minimum Gasteiger partial charge on any atom is -0.480 e. The molecule has 0 aromatic heterocycles. The summed E-state index contributed by atoms with van der Waals surface area (Å²) in [4.78, 5) is 24.0. The van der Waals surface area contributed by atoms with Crippen LogP contribution in [0.3, 0.4) is 0 Å². The van der Waals surface area contributed by atoms with E-state index in [4.69, 9.17) is 15.3 Å². The molecule has 0 bridgehead atoms. The Labute approximate surface area is 106 Å². The Morgan fingerprint density at radius 3 is 2.11 bits per heavy atom. The average molecular weight is 262 g/mol. The van der Waals surface area contributed by atoms with E-state index in [2.05, 4.69) is 5.32 Å². The molecule has 7 nitrogen and oxygen atoms in total. The number of urea groups is 1. The van der Waals surface area contributed by atoms with Crippen LogP contribution in [0.2, 0.25) is 0 Å². The first-order valence-electron chi connectivity index (χ1n) is 6.03. The van der Waals surface area contributed by atoms with E-state index >= 15 is 0 Å². The fourth-order valence-electron chi connectivity index (χ4n) is 1.70. The molecule has 0 saturated carbocycles. The topological polar surface area (TPSA) is 110 Å². The zero-order chi connectivity index (χ0) is 14.1. The van der Waals surface area contributed by atoms with Crippen molar-refractivity contribution >= 4 is 12.0 Å². The van der Waals surface area contributed by atoms with E-state index in [-0.39, 0.29) is 19.2 Å². The molecule has 18 heavy (non-hydrogen) atoms. The van der Waals surface area contributed by atoms with Gasteiger partial charge < -0.3 is 25.5 Å². The second kappa shape index (κ2) is 8.71. The summed E-state index contributed by atoms with van der Waals surface area (Å²) in [7, 11) is 0. The Hall–Kier alpha value is -1.34. The van der Waals surface area contributed by atoms with Crippen molar-refractivity contribution < 1.29 is 24.9 Å². The van der Waals surface area contributed by atoms with E-state index in [1.165, 1.54) is 4.90 Å². The van der Waals surface area contributed by atoms with E-state index in [9.17, 15) is 9.59 Å². The number of carbonyl (C=O) groups excluding carboxylic acids is 1. The largest absolute Gasteiger partial charge is 0.480 e. The molecule has 7 heteroatoms. The van der Waals surface area contributed by atoms with Crippen LogP contribution in [-0.2, 0) is 4.79 Å². The van der Waals surface area contributed by atoms with Crippen molar-refractivity contribution in [2.45, 2.75) is 38.8 Å². The molecule has 0 rings (SSSR count). The van der Waals surface area contributed by atoms with Crippen LogP contribution >= 0.6 is 0 Å². The number of aliphatic hydroxyl groups excluding tert-OH is 2. The van der Waals surface area contributed by atoms with Crippen LogP contribution in [0.5, 0.6) is 0 Å². The molecule has 0 radical (unpaired) electrons. The predicted molar refractivity (Wildman–Crippen MR) is 65.2 cm³/mol. The molecule has 0 spiro atoms. The second-order valence-electron chi connectivity index (χ2n) is 3.91. The average Bonchev–Trinajstić information content (AvgIpc) is 2.35. The van der Waals surface area contributed by atoms with Gasteiger partial charge in [-0.25, -0.2) is 9.59 Å². The molecular formula is C11H22N2O5. The van der Waals surface area contributed by atoms with Gasteiger partial charge in [-0.1, -0.05) is 13.8 Å². The molecule has 1 atom stereocenters. The van der Waals surface area contributed by atoms with E-state index in [0.717, 1.165) is 0 Å². The van der Waals surface area contributed by atoms with Gasteiger partial charge in [-0.15, -0.1) is 0 Å². The molecule has 0 aromatic rings. The number of aliphatic carboxylic acids is 1. The van der Waals surface area contributed by atoms with Crippen LogP contribution in [0.1, 0.15) is 26.7 Å². The van der Waals surface area contributed by atoms with Crippen molar-refractivity contribution in [2.75, 3.05) is 19.8 Å². The zero-order valence-electron chi connectivity index (χ0n) is 10.8. The fourth-order valence-corrected chi connectivity index (χ4v) is 1.70. The van der Waals surface area contributed by atoms with Crippen molar-refractivity contribution in [1.29, 1.82) is 0 Å². The van der Waals surface area contributed by atoms with Gasteiger partial charge in [0.2, 0.25) is 0 Å². The molecule has 0 aliphatic carbocycles. The SMILES string of the molecule is CCC(CC)N(CCO)C(=O)N[C@H](CO)C(=O)O. The molecule has 106 valence electrons. The third-order valence-corrected chi connectivity index (χ3v) is 2.76. The van der Waals surface area contributed by atoms with Gasteiger partial charge in [-0.3, -0.25) is 0 Å². The van der Waals surface area contributed by atoms with Crippen molar-refractivity contribution in [3.8, 4) is 0 Å². The maximum absolute atomic E-state index is 11.9. The summed E-state index contributed by atoms with van der Waals surface area (Å²) < 4.78 is 0. The molecule has 0 fully saturated rings. The van der Waals surface area contributed by atoms with E-state index in [1.807, 2.05) is 13.8 Å². The van der Waals surface area contributed by atoms with Crippen LogP contribution < -0.4 is 5.32 Å². The first-order chi connectivity index (χ1) is 8.51. The number of nitrogens with zero attached hydrogens (tertiary/aromatic N) is 1. The minimum atomic E-state index is -1.33. The number of nitrogens with one attached hydrogen (secondary N) is 1. The van der Waals surface area contributed by atoms with Gasteiger partial charge in [-0.2, -0.15) is 0 Å². The molecule has 0 aromatic carbocycles. The third kappa shape index (κ3) is 4.89. The molecular weight excluding hydrogens is 240 g/mol. The van der Waals surface area contributed by atoms with Gasteiger partial charge in [0.05, 0.1) is 13.2 Å². The predicted octanol–water partition coefficient (Wildman–Crippen LogP) is -0.376. The minimum absolute atomic E-state index is 0.0645. The summed E-state index contributed by atoms with van der Waals surface area (Å²) in [5, 5.41) is 28.8. The standard InChI is InChI=1S/C11H22N2O5/c1-3-8(4-2)13(5-6-14)11(18)12-9(7-15)10(16)17/h8-9,14-15H,3-7H2,1-2H3,(H,12,18)(H,16,17)/t9-/m1/s1. The Bertz CT molecular complexity index is 268. The molecule has 0 aliphatic rings. The number of amides is 2. The molecule has 0 aliphatic heterocycles. The summed E-state index contributed by atoms with van der Waals surface area (Å²) in [6, 6.07) is -1.97. The lowest BCUT2D eigenvalue weighted by molar-refractivity contribution is -0.140. The van der Waals surface area contributed by atoms with Gasteiger partial charge in [0, 0.05) is 12.6 Å². The summed E-state index contributed by atoms with van der Waals surface area (Å²) in [5.41, 5.74) is 0. The van der Waals surface area contributed by atoms with Crippen LogP contribution in [0.4, 0.5) is 4.79 Å². The Morgan fingerprint density at radius 1 is 1.22 bits per heavy atom. The Kier molecular flexibility index (Phi) is 8.06. The maximum atomic E-state index is 11.9. The quantitative estimate of drug-likeness (QED) is 0.477. The second-order valence-corrected chi connectivity index (χ2v) is 3.91. The normalized spacial score (nSPS) is 12.3. The van der Waals surface area contributed by atoms with Crippen molar-refractivity contribution in [3.05, 3.63) is 0 Å². The van der Waals surface area contributed by atoms with Crippen LogP contribution in [-0.4, -0.2) is 64.1 Å². The lowest BCUT2D eigenvalue weighted by atomic mass is 10.1. The maximum Gasteiger partial charge on any atom is 0.328 e. The van der Waals surface area contributed by atoms with Crippen molar-refractivity contribution in [1.82, 2.24) is 10.2 Å². The van der Waals surface area contributed by atoms with Gasteiger partial charge >= 0.3 is 12.0 Å². The van der Waals surface area contributed by atoms with Crippen molar-refractivity contribution in [2.24, 2.45) is 0 Å². The number of aliphatic hydroxyl groups is 2. The van der Waals surface area contributed by atoms with Gasteiger partial charge in [0.15, 0.2) is 6.04 Å².